The van der Waals surface area contributed by atoms with Gasteiger partial charge in [-0.1, -0.05) is 83.7 Å². The normalized spacial score (nSPS) is 14.3. The summed E-state index contributed by atoms with van der Waals surface area (Å²) in [6.07, 6.45) is 14.5. The molecule has 1 unspecified atom stereocenters. The van der Waals surface area contributed by atoms with Crippen molar-refractivity contribution >= 4 is 0 Å². The highest BCUT2D eigenvalue weighted by Gasteiger charge is 2.29. The first-order chi connectivity index (χ1) is 10.1. The Morgan fingerprint density at radius 3 is 1.90 bits per heavy atom. The van der Waals surface area contributed by atoms with Crippen LogP contribution in [0.4, 0.5) is 0 Å². The topological polar surface area (TPSA) is 26.0 Å². The fraction of sp³-hybridized carbons (Fsp3) is 0.842. The third kappa shape index (κ3) is 6.67. The van der Waals surface area contributed by atoms with E-state index in [1.54, 1.807) is 0 Å². The molecule has 0 aliphatic heterocycles. The summed E-state index contributed by atoms with van der Waals surface area (Å²) < 4.78 is 5.33. The Balaban J connectivity index is 2.52. The van der Waals surface area contributed by atoms with E-state index in [-0.39, 0.29) is 5.41 Å². The molecule has 1 aromatic rings. The summed E-state index contributed by atoms with van der Waals surface area (Å²) in [5, 5.41) is 4.33. The summed E-state index contributed by atoms with van der Waals surface area (Å²) in [4.78, 5) is 0. The van der Waals surface area contributed by atoms with Gasteiger partial charge in [0.1, 0.15) is 5.76 Å². The summed E-state index contributed by atoms with van der Waals surface area (Å²) in [5.41, 5.74) is 1.38. The number of aromatic nitrogens is 1. The summed E-state index contributed by atoms with van der Waals surface area (Å²) in [6.45, 7) is 8.93. The average molecular weight is 293 g/mol. The molecule has 2 heteroatoms. The SMILES string of the molecule is CCCCCCCC(C)(CCCCCC)c1cc(C)on1. The van der Waals surface area contributed by atoms with Crippen LogP contribution in [0.5, 0.6) is 0 Å². The van der Waals surface area contributed by atoms with Gasteiger partial charge in [-0.25, -0.2) is 0 Å². The first kappa shape index (κ1) is 18.3. The minimum atomic E-state index is 0.206. The molecule has 0 radical (unpaired) electrons. The summed E-state index contributed by atoms with van der Waals surface area (Å²) in [7, 11) is 0. The van der Waals surface area contributed by atoms with Gasteiger partial charge in [0.25, 0.3) is 0 Å². The van der Waals surface area contributed by atoms with Gasteiger partial charge in [-0.2, -0.15) is 0 Å². The van der Waals surface area contributed by atoms with Crippen molar-refractivity contribution in [1.82, 2.24) is 5.16 Å². The molecule has 0 amide bonds. The van der Waals surface area contributed by atoms with Gasteiger partial charge in [0.15, 0.2) is 0 Å². The lowest BCUT2D eigenvalue weighted by atomic mass is 9.77. The molecule has 0 fully saturated rings. The molecule has 0 aliphatic rings. The van der Waals surface area contributed by atoms with Crippen LogP contribution in [0.3, 0.4) is 0 Å². The van der Waals surface area contributed by atoms with Crippen LogP contribution in [0.15, 0.2) is 10.6 Å². The van der Waals surface area contributed by atoms with Crippen molar-refractivity contribution in [3.05, 3.63) is 17.5 Å². The first-order valence-corrected chi connectivity index (χ1v) is 9.06. The van der Waals surface area contributed by atoms with Gasteiger partial charge in [0, 0.05) is 11.5 Å². The lowest BCUT2D eigenvalue weighted by Gasteiger charge is -2.27. The summed E-state index contributed by atoms with van der Waals surface area (Å²) >= 11 is 0. The van der Waals surface area contributed by atoms with Crippen molar-refractivity contribution in [2.45, 2.75) is 104 Å². The number of hydrogen-bond acceptors (Lipinski definition) is 2. The predicted octanol–water partition coefficient (Wildman–Crippen LogP) is 6.57. The Kier molecular flexibility index (Phi) is 8.72. The van der Waals surface area contributed by atoms with Gasteiger partial charge in [-0.05, 0) is 19.8 Å². The number of unbranched alkanes of at least 4 members (excludes halogenated alkanes) is 7. The highest BCUT2D eigenvalue weighted by atomic mass is 16.5. The van der Waals surface area contributed by atoms with Gasteiger partial charge < -0.3 is 4.52 Å². The van der Waals surface area contributed by atoms with Crippen LogP contribution < -0.4 is 0 Å². The van der Waals surface area contributed by atoms with Crippen LogP contribution >= 0.6 is 0 Å². The molecule has 1 atom stereocenters. The van der Waals surface area contributed by atoms with E-state index < -0.39 is 0 Å². The van der Waals surface area contributed by atoms with Crippen LogP contribution in [-0.2, 0) is 5.41 Å². The zero-order valence-corrected chi connectivity index (χ0v) is 14.7. The average Bonchev–Trinajstić information content (AvgIpc) is 2.91. The molecule has 0 saturated carbocycles. The standard InChI is InChI=1S/C19H35NO/c1-5-7-9-11-13-15-19(4,14-12-10-8-6-2)18-16-17(3)21-20-18/h16H,5-15H2,1-4H3. The zero-order chi connectivity index (χ0) is 15.6. The molecule has 1 aromatic heterocycles. The van der Waals surface area contributed by atoms with Crippen molar-refractivity contribution in [1.29, 1.82) is 0 Å². The van der Waals surface area contributed by atoms with Crippen molar-refractivity contribution in [3.63, 3.8) is 0 Å². The van der Waals surface area contributed by atoms with E-state index in [1.807, 2.05) is 6.92 Å². The predicted molar refractivity (Wildman–Crippen MR) is 90.7 cm³/mol. The molecule has 1 rings (SSSR count). The summed E-state index contributed by atoms with van der Waals surface area (Å²) in [6, 6.07) is 2.14. The van der Waals surface area contributed by atoms with E-state index in [0.29, 0.717) is 0 Å². The smallest absolute Gasteiger partial charge is 0.133 e. The number of aryl methyl sites for hydroxylation is 1. The van der Waals surface area contributed by atoms with E-state index in [9.17, 15) is 0 Å². The van der Waals surface area contributed by atoms with Crippen molar-refractivity contribution in [3.8, 4) is 0 Å². The second-order valence-electron chi connectivity index (χ2n) is 6.86. The maximum Gasteiger partial charge on any atom is 0.133 e. The minimum Gasteiger partial charge on any atom is -0.361 e. The highest BCUT2D eigenvalue weighted by molar-refractivity contribution is 5.15. The Bertz CT molecular complexity index is 371. The Hall–Kier alpha value is -0.790. The molecule has 2 nitrogen and oxygen atoms in total. The van der Waals surface area contributed by atoms with Crippen LogP contribution in [0.2, 0.25) is 0 Å². The number of hydrogen-bond donors (Lipinski definition) is 0. The van der Waals surface area contributed by atoms with Crippen LogP contribution in [0.25, 0.3) is 0 Å². The largest absolute Gasteiger partial charge is 0.361 e. The third-order valence-electron chi connectivity index (χ3n) is 4.66. The van der Waals surface area contributed by atoms with E-state index in [4.69, 9.17) is 4.52 Å². The molecule has 0 N–H and O–H groups in total. The molecule has 122 valence electrons. The maximum absolute atomic E-state index is 5.33. The number of rotatable bonds is 12. The Morgan fingerprint density at radius 2 is 1.43 bits per heavy atom. The number of nitrogens with zero attached hydrogens (tertiary/aromatic N) is 1. The van der Waals surface area contributed by atoms with E-state index in [2.05, 4.69) is 32.0 Å². The van der Waals surface area contributed by atoms with E-state index >= 15 is 0 Å². The second kappa shape index (κ2) is 10.0. The molecule has 0 spiro atoms. The molecular weight excluding hydrogens is 258 g/mol. The Labute approximate surface area is 131 Å². The van der Waals surface area contributed by atoms with Crippen LogP contribution in [0, 0.1) is 6.92 Å². The van der Waals surface area contributed by atoms with Gasteiger partial charge in [0.05, 0.1) is 5.69 Å². The van der Waals surface area contributed by atoms with Gasteiger partial charge >= 0.3 is 0 Å². The summed E-state index contributed by atoms with van der Waals surface area (Å²) in [5.74, 6) is 0.941. The zero-order valence-electron chi connectivity index (χ0n) is 14.7. The lowest BCUT2D eigenvalue weighted by Crippen LogP contribution is -2.22. The molecular formula is C19H35NO. The molecule has 1 heterocycles. The van der Waals surface area contributed by atoms with E-state index in [0.717, 1.165) is 5.76 Å². The van der Waals surface area contributed by atoms with Crippen molar-refractivity contribution < 1.29 is 4.52 Å². The first-order valence-electron chi connectivity index (χ1n) is 9.06. The van der Waals surface area contributed by atoms with Crippen molar-refractivity contribution in [2.75, 3.05) is 0 Å². The molecule has 0 aliphatic carbocycles. The lowest BCUT2D eigenvalue weighted by molar-refractivity contribution is 0.321. The van der Waals surface area contributed by atoms with Crippen LogP contribution in [-0.4, -0.2) is 5.16 Å². The fourth-order valence-corrected chi connectivity index (χ4v) is 3.09. The van der Waals surface area contributed by atoms with Gasteiger partial charge in [-0.3, -0.25) is 0 Å². The Morgan fingerprint density at radius 1 is 0.905 bits per heavy atom. The quantitative estimate of drug-likeness (QED) is 0.407. The van der Waals surface area contributed by atoms with Gasteiger partial charge in [-0.15, -0.1) is 0 Å². The van der Waals surface area contributed by atoms with E-state index in [1.165, 1.54) is 76.3 Å². The van der Waals surface area contributed by atoms with Crippen molar-refractivity contribution in [2.24, 2.45) is 0 Å². The fourth-order valence-electron chi connectivity index (χ4n) is 3.09. The van der Waals surface area contributed by atoms with Crippen LogP contribution in [0.1, 0.15) is 103 Å². The molecule has 0 saturated heterocycles. The monoisotopic (exact) mass is 293 g/mol. The molecule has 21 heavy (non-hydrogen) atoms. The van der Waals surface area contributed by atoms with Gasteiger partial charge in [0.2, 0.25) is 0 Å². The highest BCUT2D eigenvalue weighted by Crippen LogP contribution is 2.35. The minimum absolute atomic E-state index is 0.206. The third-order valence-corrected chi connectivity index (χ3v) is 4.66. The second-order valence-corrected chi connectivity index (χ2v) is 6.86. The maximum atomic E-state index is 5.33. The molecule has 0 bridgehead atoms. The molecule has 0 aromatic carbocycles.